The van der Waals surface area contributed by atoms with Gasteiger partial charge in [0.2, 0.25) is 0 Å². The van der Waals surface area contributed by atoms with Crippen LogP contribution in [0.1, 0.15) is 5.56 Å². The highest BCUT2D eigenvalue weighted by Crippen LogP contribution is 2.34. The van der Waals surface area contributed by atoms with Gasteiger partial charge >= 0.3 is 0 Å². The topological polar surface area (TPSA) is 26.0 Å². The standard InChI is InChI=1S/C13H11BrClNS/c14-12-2-1-3-13(11(12)8-16)17-10-6-4-9(15)5-7-10/h1-7H,8,16H2. The van der Waals surface area contributed by atoms with Crippen LogP contribution in [0, 0.1) is 0 Å². The second kappa shape index (κ2) is 5.91. The lowest BCUT2D eigenvalue weighted by Crippen LogP contribution is -1.99. The van der Waals surface area contributed by atoms with Crippen molar-refractivity contribution in [2.45, 2.75) is 16.3 Å². The predicted molar refractivity (Wildman–Crippen MR) is 77.6 cm³/mol. The van der Waals surface area contributed by atoms with Gasteiger partial charge in [0.1, 0.15) is 0 Å². The molecule has 88 valence electrons. The van der Waals surface area contributed by atoms with E-state index < -0.39 is 0 Å². The molecule has 0 aliphatic rings. The molecule has 0 aliphatic carbocycles. The minimum absolute atomic E-state index is 0.525. The maximum absolute atomic E-state index is 5.86. The fourth-order valence-corrected chi connectivity index (χ4v) is 3.24. The Morgan fingerprint density at radius 3 is 2.47 bits per heavy atom. The summed E-state index contributed by atoms with van der Waals surface area (Å²) in [5.41, 5.74) is 6.90. The van der Waals surface area contributed by atoms with Crippen molar-refractivity contribution in [1.29, 1.82) is 0 Å². The molecule has 0 amide bonds. The van der Waals surface area contributed by atoms with E-state index in [0.29, 0.717) is 6.54 Å². The molecule has 2 aromatic rings. The molecule has 2 rings (SSSR count). The molecular formula is C13H11BrClNS. The fraction of sp³-hybridized carbons (Fsp3) is 0.0769. The van der Waals surface area contributed by atoms with Gasteiger partial charge in [-0.25, -0.2) is 0 Å². The van der Waals surface area contributed by atoms with E-state index in [4.69, 9.17) is 17.3 Å². The average molecular weight is 329 g/mol. The van der Waals surface area contributed by atoms with Crippen molar-refractivity contribution >= 4 is 39.3 Å². The Balaban J connectivity index is 2.29. The van der Waals surface area contributed by atoms with E-state index in [9.17, 15) is 0 Å². The molecule has 1 nitrogen and oxygen atoms in total. The minimum Gasteiger partial charge on any atom is -0.326 e. The lowest BCUT2D eigenvalue weighted by Gasteiger charge is -2.09. The molecule has 0 fully saturated rings. The first kappa shape index (κ1) is 13.0. The first-order chi connectivity index (χ1) is 8.20. The van der Waals surface area contributed by atoms with Crippen molar-refractivity contribution in [3.05, 3.63) is 57.5 Å². The molecule has 2 aromatic carbocycles. The van der Waals surface area contributed by atoms with E-state index in [0.717, 1.165) is 20.0 Å². The van der Waals surface area contributed by atoms with Crippen LogP contribution in [0.3, 0.4) is 0 Å². The lowest BCUT2D eigenvalue weighted by molar-refractivity contribution is 1.02. The Morgan fingerprint density at radius 1 is 1.12 bits per heavy atom. The number of benzene rings is 2. The molecule has 0 heterocycles. The summed E-state index contributed by atoms with van der Waals surface area (Å²) in [6, 6.07) is 13.9. The highest BCUT2D eigenvalue weighted by atomic mass is 79.9. The largest absolute Gasteiger partial charge is 0.326 e. The van der Waals surface area contributed by atoms with E-state index in [2.05, 4.69) is 22.0 Å². The minimum atomic E-state index is 0.525. The molecule has 0 aliphatic heterocycles. The van der Waals surface area contributed by atoms with Gasteiger partial charge < -0.3 is 5.73 Å². The van der Waals surface area contributed by atoms with Crippen molar-refractivity contribution in [3.63, 3.8) is 0 Å². The maximum atomic E-state index is 5.86. The number of rotatable bonds is 3. The number of hydrogen-bond acceptors (Lipinski definition) is 2. The van der Waals surface area contributed by atoms with Crippen LogP contribution < -0.4 is 5.73 Å². The molecule has 0 aromatic heterocycles. The molecule has 0 saturated heterocycles. The van der Waals surface area contributed by atoms with E-state index in [1.54, 1.807) is 11.8 Å². The van der Waals surface area contributed by atoms with E-state index in [1.807, 2.05) is 36.4 Å². The van der Waals surface area contributed by atoms with Crippen LogP contribution in [-0.2, 0) is 6.54 Å². The summed E-state index contributed by atoms with van der Waals surface area (Å²) in [4.78, 5) is 2.33. The van der Waals surface area contributed by atoms with Crippen molar-refractivity contribution < 1.29 is 0 Å². The number of nitrogens with two attached hydrogens (primary N) is 1. The maximum Gasteiger partial charge on any atom is 0.0406 e. The van der Waals surface area contributed by atoms with Crippen molar-refractivity contribution in [1.82, 2.24) is 0 Å². The third-order valence-electron chi connectivity index (χ3n) is 2.32. The second-order valence-corrected chi connectivity index (χ2v) is 5.88. The Kier molecular flexibility index (Phi) is 4.51. The van der Waals surface area contributed by atoms with Gasteiger partial charge in [0.25, 0.3) is 0 Å². The van der Waals surface area contributed by atoms with Gasteiger partial charge in [0.15, 0.2) is 0 Å². The summed E-state index contributed by atoms with van der Waals surface area (Å²) >= 11 is 11.1. The van der Waals surface area contributed by atoms with Crippen molar-refractivity contribution in [2.75, 3.05) is 0 Å². The Labute approximate surface area is 118 Å². The molecule has 4 heteroatoms. The zero-order chi connectivity index (χ0) is 12.3. The van der Waals surface area contributed by atoms with Crippen LogP contribution in [-0.4, -0.2) is 0 Å². The zero-order valence-electron chi connectivity index (χ0n) is 8.99. The number of hydrogen-bond donors (Lipinski definition) is 1. The first-order valence-corrected chi connectivity index (χ1v) is 7.10. The predicted octanol–water partition coefficient (Wildman–Crippen LogP) is 4.71. The second-order valence-electron chi connectivity index (χ2n) is 3.48. The third kappa shape index (κ3) is 3.26. The molecule has 0 saturated carbocycles. The van der Waals surface area contributed by atoms with Gasteiger partial charge in [0, 0.05) is 25.8 Å². The molecule has 2 N–H and O–H groups in total. The van der Waals surface area contributed by atoms with E-state index >= 15 is 0 Å². The average Bonchev–Trinajstić information content (AvgIpc) is 2.32. The van der Waals surface area contributed by atoms with E-state index in [-0.39, 0.29) is 0 Å². The monoisotopic (exact) mass is 327 g/mol. The van der Waals surface area contributed by atoms with Gasteiger partial charge in [-0.1, -0.05) is 45.4 Å². The fourth-order valence-electron chi connectivity index (χ4n) is 1.46. The van der Waals surface area contributed by atoms with Gasteiger partial charge in [-0.2, -0.15) is 0 Å². The van der Waals surface area contributed by atoms with Crippen molar-refractivity contribution in [3.8, 4) is 0 Å². The first-order valence-electron chi connectivity index (χ1n) is 5.11. The Bertz CT molecular complexity index is 513. The quantitative estimate of drug-likeness (QED) is 0.883. The third-order valence-corrected chi connectivity index (χ3v) is 4.43. The normalized spacial score (nSPS) is 10.5. The van der Waals surface area contributed by atoms with Gasteiger partial charge in [-0.15, -0.1) is 0 Å². The molecule has 0 atom stereocenters. The molecule has 0 spiro atoms. The molecule has 0 radical (unpaired) electrons. The summed E-state index contributed by atoms with van der Waals surface area (Å²) in [6.45, 7) is 0.525. The Hall–Kier alpha value is -0.480. The van der Waals surface area contributed by atoms with Gasteiger partial charge in [-0.05, 0) is 42.0 Å². The van der Waals surface area contributed by atoms with Gasteiger partial charge in [0.05, 0.1) is 0 Å². The van der Waals surface area contributed by atoms with Gasteiger partial charge in [-0.3, -0.25) is 0 Å². The Morgan fingerprint density at radius 2 is 1.82 bits per heavy atom. The zero-order valence-corrected chi connectivity index (χ0v) is 12.1. The van der Waals surface area contributed by atoms with Crippen LogP contribution in [0.25, 0.3) is 0 Å². The van der Waals surface area contributed by atoms with Crippen LogP contribution >= 0.6 is 39.3 Å². The summed E-state index contributed by atoms with van der Waals surface area (Å²) in [5.74, 6) is 0. The van der Waals surface area contributed by atoms with Crippen LogP contribution in [0.15, 0.2) is 56.7 Å². The van der Waals surface area contributed by atoms with E-state index in [1.165, 1.54) is 4.90 Å². The van der Waals surface area contributed by atoms with Crippen LogP contribution in [0.4, 0.5) is 0 Å². The SMILES string of the molecule is NCc1c(Br)cccc1Sc1ccc(Cl)cc1. The summed E-state index contributed by atoms with van der Waals surface area (Å²) in [7, 11) is 0. The highest BCUT2D eigenvalue weighted by molar-refractivity contribution is 9.10. The molecular weight excluding hydrogens is 318 g/mol. The smallest absolute Gasteiger partial charge is 0.0406 e. The molecule has 17 heavy (non-hydrogen) atoms. The highest BCUT2D eigenvalue weighted by Gasteiger charge is 2.06. The molecule has 0 unspecified atom stereocenters. The van der Waals surface area contributed by atoms with Crippen LogP contribution in [0.2, 0.25) is 5.02 Å². The summed E-state index contributed by atoms with van der Waals surface area (Å²) in [6.07, 6.45) is 0. The van der Waals surface area contributed by atoms with Crippen LogP contribution in [0.5, 0.6) is 0 Å². The van der Waals surface area contributed by atoms with Crippen molar-refractivity contribution in [2.24, 2.45) is 5.73 Å². The molecule has 0 bridgehead atoms. The summed E-state index contributed by atoms with van der Waals surface area (Å²) in [5, 5.41) is 0.752. The lowest BCUT2D eigenvalue weighted by atomic mass is 10.2. The number of halogens is 2. The summed E-state index contributed by atoms with van der Waals surface area (Å²) < 4.78 is 1.05.